The smallest absolute Gasteiger partial charge is 0.208 e. The molecule has 84 valence electrons. The average molecular weight is 218 g/mol. The molecule has 1 N–H and O–H groups in total. The van der Waals surface area contributed by atoms with E-state index < -0.39 is 0 Å². The highest BCUT2D eigenvalue weighted by Crippen LogP contribution is 2.07. The lowest BCUT2D eigenvalue weighted by molar-refractivity contribution is 0.447. The van der Waals surface area contributed by atoms with Crippen LogP contribution in [0.5, 0.6) is 0 Å². The van der Waals surface area contributed by atoms with Crippen LogP contribution >= 0.6 is 0 Å². The van der Waals surface area contributed by atoms with Gasteiger partial charge in [0.15, 0.2) is 0 Å². The molecular weight excluding hydrogens is 204 g/mol. The predicted octanol–water partition coefficient (Wildman–Crippen LogP) is 1.37. The van der Waals surface area contributed by atoms with Gasteiger partial charge in [0.2, 0.25) is 5.89 Å². The van der Waals surface area contributed by atoms with Crippen LogP contribution in [0.4, 0.5) is 0 Å². The van der Waals surface area contributed by atoms with Gasteiger partial charge in [0.05, 0.1) is 17.9 Å². The van der Waals surface area contributed by atoms with Crippen LogP contribution in [0.2, 0.25) is 0 Å². The monoisotopic (exact) mass is 218 g/mol. The van der Waals surface area contributed by atoms with Crippen LogP contribution < -0.4 is 5.32 Å². The maximum atomic E-state index is 5.44. The molecule has 0 unspecified atom stereocenters. The molecule has 16 heavy (non-hydrogen) atoms. The van der Waals surface area contributed by atoms with Crippen molar-refractivity contribution in [2.24, 2.45) is 0 Å². The summed E-state index contributed by atoms with van der Waals surface area (Å²) in [7, 11) is 0. The molecular formula is C11H14N4O. The molecule has 2 rings (SSSR count). The number of aromatic nitrogens is 3. The zero-order valence-corrected chi connectivity index (χ0v) is 9.40. The summed E-state index contributed by atoms with van der Waals surface area (Å²) in [4.78, 5) is 4.28. The fourth-order valence-corrected chi connectivity index (χ4v) is 1.34. The zero-order chi connectivity index (χ0) is 11.4. The Bertz CT molecular complexity index is 433. The van der Waals surface area contributed by atoms with E-state index in [0.29, 0.717) is 19.0 Å². The van der Waals surface area contributed by atoms with E-state index in [1.807, 2.05) is 26.0 Å². The predicted molar refractivity (Wildman–Crippen MR) is 58.6 cm³/mol. The summed E-state index contributed by atoms with van der Waals surface area (Å²) in [6, 6.07) is 3.79. The molecule has 2 aromatic rings. The third kappa shape index (κ3) is 2.64. The van der Waals surface area contributed by atoms with Crippen molar-refractivity contribution in [3.05, 3.63) is 41.4 Å². The summed E-state index contributed by atoms with van der Waals surface area (Å²) < 4.78 is 5.44. The second-order valence-corrected chi connectivity index (χ2v) is 3.57. The number of hydrogen-bond acceptors (Lipinski definition) is 5. The van der Waals surface area contributed by atoms with E-state index >= 15 is 0 Å². The lowest BCUT2D eigenvalue weighted by Crippen LogP contribution is -2.14. The number of hydrogen-bond donors (Lipinski definition) is 1. The fourth-order valence-electron chi connectivity index (χ4n) is 1.34. The first-order valence-electron chi connectivity index (χ1n) is 5.16. The highest BCUT2D eigenvalue weighted by molar-refractivity contribution is 5.05. The second-order valence-electron chi connectivity index (χ2n) is 3.57. The first-order valence-corrected chi connectivity index (χ1v) is 5.16. The third-order valence-electron chi connectivity index (χ3n) is 2.28. The highest BCUT2D eigenvalue weighted by atomic mass is 16.4. The van der Waals surface area contributed by atoms with Crippen LogP contribution in [0.3, 0.4) is 0 Å². The maximum absolute atomic E-state index is 5.44. The molecule has 0 bridgehead atoms. The van der Waals surface area contributed by atoms with Gasteiger partial charge in [0.1, 0.15) is 5.76 Å². The molecule has 0 aliphatic rings. The average Bonchev–Trinajstić information content (AvgIpc) is 2.60. The van der Waals surface area contributed by atoms with Gasteiger partial charge in [-0.1, -0.05) is 0 Å². The van der Waals surface area contributed by atoms with Gasteiger partial charge < -0.3 is 9.73 Å². The molecule has 0 aliphatic heterocycles. The minimum absolute atomic E-state index is 0.602. The van der Waals surface area contributed by atoms with Crippen molar-refractivity contribution in [2.75, 3.05) is 0 Å². The standard InChI is InChI=1S/C11H14N4O/c1-8-9(2)16-11(14-8)7-12-6-10-4-3-5-13-15-10/h3-5,12H,6-7H2,1-2H3. The second kappa shape index (κ2) is 4.85. The van der Waals surface area contributed by atoms with Crippen molar-refractivity contribution >= 4 is 0 Å². The van der Waals surface area contributed by atoms with Crippen molar-refractivity contribution < 1.29 is 4.42 Å². The number of nitrogens with one attached hydrogen (secondary N) is 1. The molecule has 0 spiro atoms. The maximum Gasteiger partial charge on any atom is 0.208 e. The van der Waals surface area contributed by atoms with Crippen molar-refractivity contribution in [1.82, 2.24) is 20.5 Å². The van der Waals surface area contributed by atoms with Gasteiger partial charge in [-0.25, -0.2) is 4.98 Å². The number of aryl methyl sites for hydroxylation is 2. The first kappa shape index (κ1) is 10.8. The number of rotatable bonds is 4. The van der Waals surface area contributed by atoms with E-state index in [1.165, 1.54) is 0 Å². The Hall–Kier alpha value is -1.75. The normalized spacial score (nSPS) is 10.6. The zero-order valence-electron chi connectivity index (χ0n) is 9.40. The fraction of sp³-hybridized carbons (Fsp3) is 0.364. The molecule has 5 nitrogen and oxygen atoms in total. The number of oxazole rings is 1. The third-order valence-corrected chi connectivity index (χ3v) is 2.28. The molecule has 2 aromatic heterocycles. The summed E-state index contributed by atoms with van der Waals surface area (Å²) in [6.45, 7) is 5.11. The molecule has 0 amide bonds. The quantitative estimate of drug-likeness (QED) is 0.839. The summed E-state index contributed by atoms with van der Waals surface area (Å²) in [6.07, 6.45) is 1.66. The SMILES string of the molecule is Cc1nc(CNCc2cccnn2)oc1C. The molecule has 0 saturated heterocycles. The number of nitrogens with zero attached hydrogens (tertiary/aromatic N) is 3. The van der Waals surface area contributed by atoms with Gasteiger partial charge >= 0.3 is 0 Å². The Morgan fingerprint density at radius 1 is 1.31 bits per heavy atom. The summed E-state index contributed by atoms with van der Waals surface area (Å²) in [5.74, 6) is 1.58. The molecule has 0 aromatic carbocycles. The molecule has 0 fully saturated rings. The highest BCUT2D eigenvalue weighted by Gasteiger charge is 2.04. The molecule has 0 aliphatic carbocycles. The van der Waals surface area contributed by atoms with E-state index in [2.05, 4.69) is 20.5 Å². The summed E-state index contributed by atoms with van der Waals surface area (Å²) in [5, 5.41) is 11.0. The molecule has 0 radical (unpaired) electrons. The van der Waals surface area contributed by atoms with Gasteiger partial charge in [-0.2, -0.15) is 10.2 Å². The van der Waals surface area contributed by atoms with Crippen LogP contribution in [0.15, 0.2) is 22.7 Å². The first-order chi connectivity index (χ1) is 7.75. The molecule has 0 atom stereocenters. The van der Waals surface area contributed by atoms with Crippen molar-refractivity contribution in [1.29, 1.82) is 0 Å². The van der Waals surface area contributed by atoms with Crippen LogP contribution in [0.1, 0.15) is 23.0 Å². The Kier molecular flexibility index (Phi) is 3.26. The molecule has 5 heteroatoms. The van der Waals surface area contributed by atoms with E-state index in [1.54, 1.807) is 6.20 Å². The Labute approximate surface area is 93.9 Å². The van der Waals surface area contributed by atoms with E-state index in [0.717, 1.165) is 17.1 Å². The summed E-state index contributed by atoms with van der Waals surface area (Å²) in [5.41, 5.74) is 1.85. The minimum atomic E-state index is 0.602. The topological polar surface area (TPSA) is 63.8 Å². The van der Waals surface area contributed by atoms with Gasteiger partial charge in [-0.05, 0) is 26.0 Å². The minimum Gasteiger partial charge on any atom is -0.444 e. The van der Waals surface area contributed by atoms with Crippen molar-refractivity contribution in [3.8, 4) is 0 Å². The largest absolute Gasteiger partial charge is 0.444 e. The van der Waals surface area contributed by atoms with Crippen LogP contribution in [0, 0.1) is 13.8 Å². The lowest BCUT2D eigenvalue weighted by Gasteiger charge is -1.99. The van der Waals surface area contributed by atoms with Crippen LogP contribution in [0.25, 0.3) is 0 Å². The van der Waals surface area contributed by atoms with Gasteiger partial charge in [-0.3, -0.25) is 0 Å². The molecule has 2 heterocycles. The van der Waals surface area contributed by atoms with E-state index in [9.17, 15) is 0 Å². The van der Waals surface area contributed by atoms with Crippen molar-refractivity contribution in [3.63, 3.8) is 0 Å². The summed E-state index contributed by atoms with van der Waals surface area (Å²) >= 11 is 0. The molecule has 0 saturated carbocycles. The van der Waals surface area contributed by atoms with Crippen LogP contribution in [-0.2, 0) is 13.1 Å². The van der Waals surface area contributed by atoms with E-state index in [-0.39, 0.29) is 0 Å². The van der Waals surface area contributed by atoms with Crippen molar-refractivity contribution in [2.45, 2.75) is 26.9 Å². The Morgan fingerprint density at radius 3 is 2.81 bits per heavy atom. The van der Waals surface area contributed by atoms with Gasteiger partial charge in [0, 0.05) is 12.7 Å². The lowest BCUT2D eigenvalue weighted by atomic mass is 10.4. The van der Waals surface area contributed by atoms with Gasteiger partial charge in [-0.15, -0.1) is 0 Å². The van der Waals surface area contributed by atoms with E-state index in [4.69, 9.17) is 4.42 Å². The Balaban J connectivity index is 1.84. The Morgan fingerprint density at radius 2 is 2.19 bits per heavy atom. The van der Waals surface area contributed by atoms with Gasteiger partial charge in [0.25, 0.3) is 0 Å². The van der Waals surface area contributed by atoms with Crippen LogP contribution in [-0.4, -0.2) is 15.2 Å².